The van der Waals surface area contributed by atoms with E-state index in [4.69, 9.17) is 34.8 Å². The lowest BCUT2D eigenvalue weighted by molar-refractivity contribution is 0.0934. The molecule has 0 bridgehead atoms. The summed E-state index contributed by atoms with van der Waals surface area (Å²) in [6.45, 7) is 2.63. The number of rotatable bonds is 7. The first-order chi connectivity index (χ1) is 21.3. The third-order valence-electron chi connectivity index (χ3n) is 8.73. The van der Waals surface area contributed by atoms with Gasteiger partial charge in [0.1, 0.15) is 11.5 Å². The monoisotopic (exact) mass is 649 g/mol. The predicted octanol–water partition coefficient (Wildman–Crippen LogP) is 8.31. The maximum atomic E-state index is 13.7. The number of nitrogens with one attached hydrogen (secondary N) is 1. The van der Waals surface area contributed by atoms with Gasteiger partial charge in [0.05, 0.1) is 21.8 Å². The molecule has 1 aliphatic heterocycles. The third-order valence-corrected chi connectivity index (χ3v) is 9.78. The Bertz CT molecular complexity index is 1670. The Morgan fingerprint density at radius 1 is 0.795 bits per heavy atom. The second-order valence-corrected chi connectivity index (χ2v) is 12.7. The zero-order chi connectivity index (χ0) is 30.8. The minimum Gasteiger partial charge on any atom is -0.508 e. The van der Waals surface area contributed by atoms with E-state index in [1.54, 1.807) is 30.3 Å². The highest BCUT2D eigenvalue weighted by Crippen LogP contribution is 2.41. The number of hydrogen-bond donors (Lipinski definition) is 3. The molecule has 1 aliphatic carbocycles. The zero-order valence-corrected chi connectivity index (χ0v) is 26.4. The molecule has 6 rings (SSSR count). The van der Waals surface area contributed by atoms with Gasteiger partial charge in [-0.1, -0.05) is 78.0 Å². The van der Waals surface area contributed by atoms with Crippen LogP contribution >= 0.6 is 34.8 Å². The maximum Gasteiger partial charge on any atom is 0.251 e. The summed E-state index contributed by atoms with van der Waals surface area (Å²) in [6.07, 6.45) is 4.21. The quantitative estimate of drug-likeness (QED) is 0.188. The molecule has 1 saturated heterocycles. The van der Waals surface area contributed by atoms with Gasteiger partial charge in [-0.2, -0.15) is 0 Å². The number of carbonyl (C=O) groups is 1. The number of phenolic OH excluding ortho intramolecular Hbond substituents is 2. The molecular formula is C35H34Cl3N3O3. The van der Waals surface area contributed by atoms with E-state index >= 15 is 0 Å². The summed E-state index contributed by atoms with van der Waals surface area (Å²) in [5.41, 5.74) is 4.26. The first kappa shape index (κ1) is 30.6. The molecule has 6 nitrogen and oxygen atoms in total. The SMILES string of the molecule is O=C(NC1CCCC1)c1ccccc1C(c1cc(-c2ccc(Cl)cc2O)ccc1O)N1CCN(c2cccc(Cl)c2Cl)CC1. The molecule has 228 valence electrons. The molecular weight excluding hydrogens is 617 g/mol. The van der Waals surface area contributed by atoms with E-state index in [1.165, 1.54) is 6.07 Å². The van der Waals surface area contributed by atoms with Crippen molar-refractivity contribution in [3.63, 3.8) is 0 Å². The Balaban J connectivity index is 1.40. The second-order valence-electron chi connectivity index (χ2n) is 11.5. The second kappa shape index (κ2) is 13.3. The van der Waals surface area contributed by atoms with Gasteiger partial charge in [0.2, 0.25) is 0 Å². The molecule has 4 aromatic rings. The molecule has 2 aliphatic rings. The van der Waals surface area contributed by atoms with E-state index in [2.05, 4.69) is 15.1 Å². The first-order valence-electron chi connectivity index (χ1n) is 14.9. The number of nitrogens with zero attached hydrogens (tertiary/aromatic N) is 2. The molecule has 1 atom stereocenters. The van der Waals surface area contributed by atoms with Crippen LogP contribution in [0.1, 0.15) is 53.2 Å². The molecule has 3 N–H and O–H groups in total. The van der Waals surface area contributed by atoms with Gasteiger partial charge in [-0.3, -0.25) is 9.69 Å². The smallest absolute Gasteiger partial charge is 0.251 e. The first-order valence-corrected chi connectivity index (χ1v) is 16.1. The zero-order valence-electron chi connectivity index (χ0n) is 24.1. The van der Waals surface area contributed by atoms with Crippen molar-refractivity contribution in [2.45, 2.75) is 37.8 Å². The highest BCUT2D eigenvalue weighted by molar-refractivity contribution is 6.43. The molecule has 0 radical (unpaired) electrons. The molecule has 0 spiro atoms. The van der Waals surface area contributed by atoms with E-state index in [0.29, 0.717) is 57.9 Å². The van der Waals surface area contributed by atoms with Gasteiger partial charge in [-0.15, -0.1) is 0 Å². The molecule has 1 amide bonds. The third kappa shape index (κ3) is 6.36. The molecule has 44 heavy (non-hydrogen) atoms. The van der Waals surface area contributed by atoms with Gasteiger partial charge in [0.15, 0.2) is 0 Å². The Morgan fingerprint density at radius 3 is 2.30 bits per heavy atom. The van der Waals surface area contributed by atoms with Gasteiger partial charge < -0.3 is 20.4 Å². The molecule has 4 aromatic carbocycles. The fraction of sp³-hybridized carbons (Fsp3) is 0.286. The normalized spacial score (nSPS) is 16.7. The lowest BCUT2D eigenvalue weighted by Gasteiger charge is -2.41. The van der Waals surface area contributed by atoms with Crippen molar-refractivity contribution in [3.8, 4) is 22.6 Å². The summed E-state index contributed by atoms with van der Waals surface area (Å²) >= 11 is 19.0. The number of hydrogen-bond acceptors (Lipinski definition) is 5. The Hall–Kier alpha value is -3.42. The summed E-state index contributed by atoms with van der Waals surface area (Å²) in [4.78, 5) is 18.2. The minimum absolute atomic E-state index is 0.0500. The van der Waals surface area contributed by atoms with Crippen LogP contribution in [0.5, 0.6) is 11.5 Å². The molecule has 0 aromatic heterocycles. The van der Waals surface area contributed by atoms with Crippen LogP contribution < -0.4 is 10.2 Å². The fourth-order valence-electron chi connectivity index (χ4n) is 6.48. The fourth-order valence-corrected chi connectivity index (χ4v) is 7.07. The van der Waals surface area contributed by atoms with Crippen LogP contribution in [0.25, 0.3) is 11.1 Å². The average molecular weight is 651 g/mol. The van der Waals surface area contributed by atoms with Crippen molar-refractivity contribution in [1.29, 1.82) is 0 Å². The van der Waals surface area contributed by atoms with Gasteiger partial charge >= 0.3 is 0 Å². The Labute approximate surface area is 272 Å². The van der Waals surface area contributed by atoms with Gasteiger partial charge in [0.25, 0.3) is 5.91 Å². The van der Waals surface area contributed by atoms with E-state index in [0.717, 1.165) is 42.5 Å². The number of benzene rings is 4. The van der Waals surface area contributed by atoms with E-state index in [-0.39, 0.29) is 23.4 Å². The van der Waals surface area contributed by atoms with Crippen LogP contribution in [0, 0.1) is 0 Å². The van der Waals surface area contributed by atoms with Gasteiger partial charge in [-0.25, -0.2) is 0 Å². The highest BCUT2D eigenvalue weighted by Gasteiger charge is 2.32. The Morgan fingerprint density at radius 2 is 1.55 bits per heavy atom. The van der Waals surface area contributed by atoms with Crippen LogP contribution in [0.3, 0.4) is 0 Å². The number of aromatic hydroxyl groups is 2. The number of halogens is 3. The standard InChI is InChI=1S/C35H34Cl3N3O3/c36-23-13-14-25(32(43)21-23)22-12-15-31(42)28(20-22)34(26-8-3-4-9-27(26)35(44)39-24-6-1-2-7-24)41-18-16-40(17-19-41)30-11-5-10-29(37)33(30)38/h3-5,8-15,20-21,24,34,42-43H,1-2,6-7,16-19H2,(H,39,44). The van der Waals surface area contributed by atoms with Crippen molar-refractivity contribution in [2.24, 2.45) is 0 Å². The molecule has 1 heterocycles. The largest absolute Gasteiger partial charge is 0.508 e. The number of amides is 1. The van der Waals surface area contributed by atoms with Crippen LogP contribution in [-0.4, -0.2) is 53.2 Å². The van der Waals surface area contributed by atoms with Crippen LogP contribution in [-0.2, 0) is 0 Å². The van der Waals surface area contributed by atoms with Crippen molar-refractivity contribution in [2.75, 3.05) is 31.1 Å². The number of carbonyl (C=O) groups excluding carboxylic acids is 1. The molecule has 1 saturated carbocycles. The van der Waals surface area contributed by atoms with Crippen LogP contribution in [0.4, 0.5) is 5.69 Å². The summed E-state index contributed by atoms with van der Waals surface area (Å²) in [5.74, 6) is 0.0559. The molecule has 1 unspecified atom stereocenters. The van der Waals surface area contributed by atoms with E-state index in [1.807, 2.05) is 42.5 Å². The summed E-state index contributed by atoms with van der Waals surface area (Å²) < 4.78 is 0. The topological polar surface area (TPSA) is 76.0 Å². The van der Waals surface area contributed by atoms with Gasteiger partial charge in [-0.05, 0) is 72.5 Å². The summed E-state index contributed by atoms with van der Waals surface area (Å²) in [6, 6.07) is 23.3. The van der Waals surface area contributed by atoms with Crippen molar-refractivity contribution >= 4 is 46.4 Å². The number of piperazine rings is 1. The van der Waals surface area contributed by atoms with Crippen LogP contribution in [0.15, 0.2) is 78.9 Å². The van der Waals surface area contributed by atoms with Crippen molar-refractivity contribution in [1.82, 2.24) is 10.2 Å². The minimum atomic E-state index is -0.438. The van der Waals surface area contributed by atoms with E-state index in [9.17, 15) is 15.0 Å². The molecule has 2 fully saturated rings. The predicted molar refractivity (Wildman–Crippen MR) is 178 cm³/mol. The van der Waals surface area contributed by atoms with Crippen molar-refractivity contribution < 1.29 is 15.0 Å². The lowest BCUT2D eigenvalue weighted by Crippen LogP contribution is -2.48. The lowest BCUT2D eigenvalue weighted by atomic mass is 9.89. The summed E-state index contributed by atoms with van der Waals surface area (Å²) in [5, 5.41) is 26.8. The van der Waals surface area contributed by atoms with Crippen molar-refractivity contribution in [3.05, 3.63) is 111 Å². The number of anilines is 1. The average Bonchev–Trinajstić information content (AvgIpc) is 3.53. The maximum absolute atomic E-state index is 13.7. The number of phenols is 2. The van der Waals surface area contributed by atoms with Crippen LogP contribution in [0.2, 0.25) is 15.1 Å². The highest BCUT2D eigenvalue weighted by atomic mass is 35.5. The van der Waals surface area contributed by atoms with Gasteiger partial charge in [0, 0.05) is 53.9 Å². The molecule has 9 heteroatoms. The van der Waals surface area contributed by atoms with E-state index < -0.39 is 6.04 Å². The Kier molecular flexibility index (Phi) is 9.24. The summed E-state index contributed by atoms with van der Waals surface area (Å²) in [7, 11) is 0.